The van der Waals surface area contributed by atoms with Crippen molar-refractivity contribution < 1.29 is 14.3 Å². The van der Waals surface area contributed by atoms with Gasteiger partial charge in [-0.05, 0) is 67.3 Å². The molecule has 5 heteroatoms. The molecule has 1 atom stereocenters. The van der Waals surface area contributed by atoms with Gasteiger partial charge in [0.05, 0.1) is 7.11 Å². The lowest BCUT2D eigenvalue weighted by molar-refractivity contribution is -0.116. The molecule has 1 aliphatic carbocycles. The number of hydrogen-bond acceptors (Lipinski definition) is 3. The molecular formula is C21H22N2O3. The predicted octanol–water partition coefficient (Wildman–Crippen LogP) is 4.24. The Morgan fingerprint density at radius 1 is 1.00 bits per heavy atom. The van der Waals surface area contributed by atoms with Gasteiger partial charge in [0, 0.05) is 23.4 Å². The minimum Gasteiger partial charge on any atom is -0.497 e. The normalized spacial score (nSPS) is 15.5. The number of anilines is 2. The zero-order chi connectivity index (χ0) is 18.4. The van der Waals surface area contributed by atoms with E-state index in [-0.39, 0.29) is 11.8 Å². The van der Waals surface area contributed by atoms with Crippen LogP contribution in [0.4, 0.5) is 11.4 Å². The Balaban J connectivity index is 1.54. The van der Waals surface area contributed by atoms with Crippen LogP contribution in [0.3, 0.4) is 0 Å². The van der Waals surface area contributed by atoms with Crippen molar-refractivity contribution in [3.8, 4) is 5.75 Å². The maximum atomic E-state index is 12.3. The molecule has 5 nitrogen and oxygen atoms in total. The quantitative estimate of drug-likeness (QED) is 0.766. The summed E-state index contributed by atoms with van der Waals surface area (Å²) in [6.45, 7) is 0. The highest BCUT2D eigenvalue weighted by molar-refractivity contribution is 6.04. The smallest absolute Gasteiger partial charge is 0.255 e. The molecular weight excluding hydrogens is 328 g/mol. The minimum atomic E-state index is -0.205. The largest absolute Gasteiger partial charge is 0.497 e. The van der Waals surface area contributed by atoms with E-state index in [2.05, 4.69) is 22.8 Å². The van der Waals surface area contributed by atoms with E-state index in [0.29, 0.717) is 29.3 Å². The standard InChI is InChI=1S/C21H22N2O3/c1-26-19-12-10-18(11-13-19)23-21(25)16-6-8-17(9-7-16)22-20(24)14-15-4-2-3-5-15/h2,4,6-13,15H,3,5,14H2,1H3,(H,22,24)(H,23,25)/t15-/m0/s1. The van der Waals surface area contributed by atoms with Gasteiger partial charge in [-0.15, -0.1) is 0 Å². The highest BCUT2D eigenvalue weighted by Gasteiger charge is 2.14. The molecule has 0 spiro atoms. The van der Waals surface area contributed by atoms with Crippen LogP contribution in [0.1, 0.15) is 29.6 Å². The number of methoxy groups -OCH3 is 1. The van der Waals surface area contributed by atoms with E-state index in [1.807, 2.05) is 0 Å². The van der Waals surface area contributed by atoms with Crippen LogP contribution in [0.25, 0.3) is 0 Å². The Morgan fingerprint density at radius 2 is 1.65 bits per heavy atom. The Kier molecular flexibility index (Phi) is 5.69. The fourth-order valence-electron chi connectivity index (χ4n) is 2.90. The summed E-state index contributed by atoms with van der Waals surface area (Å²) in [6.07, 6.45) is 6.81. The molecule has 134 valence electrons. The molecule has 2 aromatic rings. The number of carbonyl (C=O) groups excluding carboxylic acids is 2. The molecule has 0 aromatic heterocycles. The molecule has 0 unspecified atom stereocenters. The number of amides is 2. The molecule has 1 aliphatic rings. The minimum absolute atomic E-state index is 0.00279. The molecule has 2 amide bonds. The van der Waals surface area contributed by atoms with E-state index in [4.69, 9.17) is 4.74 Å². The molecule has 0 bridgehead atoms. The molecule has 3 rings (SSSR count). The third-order valence-electron chi connectivity index (χ3n) is 4.34. The van der Waals surface area contributed by atoms with E-state index in [1.165, 1.54) is 0 Å². The lowest BCUT2D eigenvalue weighted by Gasteiger charge is -2.10. The Hall–Kier alpha value is -3.08. The van der Waals surface area contributed by atoms with Crippen LogP contribution in [0.5, 0.6) is 5.75 Å². The average Bonchev–Trinajstić information content (AvgIpc) is 3.15. The van der Waals surface area contributed by atoms with Gasteiger partial charge >= 0.3 is 0 Å². The highest BCUT2D eigenvalue weighted by atomic mass is 16.5. The van der Waals surface area contributed by atoms with Crippen molar-refractivity contribution in [2.45, 2.75) is 19.3 Å². The first kappa shape index (κ1) is 17.7. The molecule has 0 heterocycles. The molecule has 0 radical (unpaired) electrons. The second-order valence-corrected chi connectivity index (χ2v) is 6.28. The van der Waals surface area contributed by atoms with Crippen molar-refractivity contribution in [3.05, 3.63) is 66.2 Å². The predicted molar refractivity (Wildman–Crippen MR) is 102 cm³/mol. The van der Waals surface area contributed by atoms with Crippen LogP contribution < -0.4 is 15.4 Å². The van der Waals surface area contributed by atoms with Gasteiger partial charge in [0.25, 0.3) is 5.91 Å². The molecule has 0 aliphatic heterocycles. The van der Waals surface area contributed by atoms with E-state index in [1.54, 1.807) is 55.6 Å². The Morgan fingerprint density at radius 3 is 2.27 bits per heavy atom. The topological polar surface area (TPSA) is 67.4 Å². The van der Waals surface area contributed by atoms with Crippen molar-refractivity contribution >= 4 is 23.2 Å². The number of allylic oxidation sites excluding steroid dienone is 2. The van der Waals surface area contributed by atoms with E-state index in [0.717, 1.165) is 18.6 Å². The van der Waals surface area contributed by atoms with E-state index < -0.39 is 0 Å². The van der Waals surface area contributed by atoms with Gasteiger partial charge in [0.2, 0.25) is 5.91 Å². The first-order valence-electron chi connectivity index (χ1n) is 8.66. The zero-order valence-electron chi connectivity index (χ0n) is 14.7. The molecule has 0 fully saturated rings. The van der Waals surface area contributed by atoms with Crippen molar-refractivity contribution in [1.82, 2.24) is 0 Å². The van der Waals surface area contributed by atoms with E-state index in [9.17, 15) is 9.59 Å². The van der Waals surface area contributed by atoms with Crippen LogP contribution in [-0.4, -0.2) is 18.9 Å². The van der Waals surface area contributed by atoms with E-state index >= 15 is 0 Å². The van der Waals surface area contributed by atoms with Gasteiger partial charge in [-0.25, -0.2) is 0 Å². The van der Waals surface area contributed by atoms with Crippen molar-refractivity contribution in [3.63, 3.8) is 0 Å². The lowest BCUT2D eigenvalue weighted by atomic mass is 10.0. The van der Waals surface area contributed by atoms with Crippen LogP contribution in [0.2, 0.25) is 0 Å². The number of nitrogens with one attached hydrogen (secondary N) is 2. The molecule has 26 heavy (non-hydrogen) atoms. The summed E-state index contributed by atoms with van der Waals surface area (Å²) in [5.74, 6) is 0.863. The van der Waals surface area contributed by atoms with Gasteiger partial charge in [-0.1, -0.05) is 12.2 Å². The Labute approximate surface area is 153 Å². The van der Waals surface area contributed by atoms with Crippen molar-refractivity contribution in [2.24, 2.45) is 5.92 Å². The molecule has 0 saturated carbocycles. The van der Waals surface area contributed by atoms with Gasteiger partial charge in [0.15, 0.2) is 0 Å². The summed E-state index contributed by atoms with van der Waals surface area (Å²) in [5, 5.41) is 5.71. The summed E-state index contributed by atoms with van der Waals surface area (Å²) in [4.78, 5) is 24.3. The fourth-order valence-corrected chi connectivity index (χ4v) is 2.90. The summed E-state index contributed by atoms with van der Waals surface area (Å²) in [6, 6.07) is 14.0. The van der Waals surface area contributed by atoms with Crippen LogP contribution in [0, 0.1) is 5.92 Å². The Bertz CT molecular complexity index is 795. The third kappa shape index (κ3) is 4.72. The van der Waals surface area contributed by atoms with Crippen molar-refractivity contribution in [2.75, 3.05) is 17.7 Å². The summed E-state index contributed by atoms with van der Waals surface area (Å²) >= 11 is 0. The maximum Gasteiger partial charge on any atom is 0.255 e. The summed E-state index contributed by atoms with van der Waals surface area (Å²) < 4.78 is 5.09. The number of rotatable bonds is 6. The second kappa shape index (κ2) is 8.34. The number of carbonyl (C=O) groups is 2. The summed E-state index contributed by atoms with van der Waals surface area (Å²) in [5.41, 5.74) is 1.91. The van der Waals surface area contributed by atoms with Gasteiger partial charge in [-0.3, -0.25) is 9.59 Å². The number of ether oxygens (including phenoxy) is 1. The first-order chi connectivity index (χ1) is 12.6. The molecule has 0 saturated heterocycles. The van der Waals surface area contributed by atoms with Gasteiger partial charge in [-0.2, -0.15) is 0 Å². The SMILES string of the molecule is COc1ccc(NC(=O)c2ccc(NC(=O)C[C@H]3C=CCC3)cc2)cc1. The monoisotopic (exact) mass is 350 g/mol. The zero-order valence-corrected chi connectivity index (χ0v) is 14.7. The second-order valence-electron chi connectivity index (χ2n) is 6.28. The maximum absolute atomic E-state index is 12.3. The van der Waals surface area contributed by atoms with Crippen LogP contribution in [0.15, 0.2) is 60.7 Å². The average molecular weight is 350 g/mol. The lowest BCUT2D eigenvalue weighted by Crippen LogP contribution is -2.15. The molecule has 2 aromatic carbocycles. The summed E-state index contributed by atoms with van der Waals surface area (Å²) in [7, 11) is 1.60. The third-order valence-corrected chi connectivity index (χ3v) is 4.34. The fraction of sp³-hybridized carbons (Fsp3) is 0.238. The van der Waals surface area contributed by atoms with Crippen LogP contribution in [-0.2, 0) is 4.79 Å². The van der Waals surface area contributed by atoms with Crippen LogP contribution >= 0.6 is 0 Å². The van der Waals surface area contributed by atoms with Gasteiger partial charge < -0.3 is 15.4 Å². The molecule has 2 N–H and O–H groups in total. The first-order valence-corrected chi connectivity index (χ1v) is 8.66. The van der Waals surface area contributed by atoms with Crippen molar-refractivity contribution in [1.29, 1.82) is 0 Å². The van der Waals surface area contributed by atoms with Gasteiger partial charge in [0.1, 0.15) is 5.75 Å². The number of hydrogen-bond donors (Lipinski definition) is 2. The number of benzene rings is 2. The highest BCUT2D eigenvalue weighted by Crippen LogP contribution is 2.21.